The Labute approximate surface area is 132 Å². The van der Waals surface area contributed by atoms with Crippen LogP contribution in [0.25, 0.3) is 0 Å². The lowest BCUT2D eigenvalue weighted by Gasteiger charge is -2.16. The highest BCUT2D eigenvalue weighted by molar-refractivity contribution is 8.15. The molecule has 1 saturated heterocycles. The van der Waals surface area contributed by atoms with Gasteiger partial charge in [0.25, 0.3) is 0 Å². The first-order chi connectivity index (χ1) is 10.2. The molecule has 1 amide bonds. The molecule has 3 nitrogen and oxygen atoms in total. The van der Waals surface area contributed by atoms with Crippen LogP contribution in [-0.2, 0) is 11.3 Å². The lowest BCUT2D eigenvalue weighted by atomic mass is 10.2. The van der Waals surface area contributed by atoms with Crippen molar-refractivity contribution in [2.24, 2.45) is 4.99 Å². The van der Waals surface area contributed by atoms with E-state index in [-0.39, 0.29) is 5.91 Å². The normalized spacial score (nSPS) is 16.7. The summed E-state index contributed by atoms with van der Waals surface area (Å²) in [5.74, 6) is 0.538. The molecule has 0 N–H and O–H groups in total. The van der Waals surface area contributed by atoms with Crippen molar-refractivity contribution in [1.29, 1.82) is 0 Å². The first kappa shape index (κ1) is 14.2. The van der Waals surface area contributed by atoms with E-state index in [0.717, 1.165) is 16.4 Å². The van der Waals surface area contributed by atoms with Gasteiger partial charge in [-0.3, -0.25) is 9.69 Å². The van der Waals surface area contributed by atoms with E-state index in [1.165, 1.54) is 11.8 Å². The molecular formula is C16H13ClN2OS. The topological polar surface area (TPSA) is 32.7 Å². The zero-order valence-electron chi connectivity index (χ0n) is 11.2. The summed E-state index contributed by atoms with van der Waals surface area (Å²) in [4.78, 5) is 18.3. The highest BCUT2D eigenvalue weighted by Gasteiger charge is 2.28. The quantitative estimate of drug-likeness (QED) is 0.854. The molecule has 0 radical (unpaired) electrons. The van der Waals surface area contributed by atoms with Gasteiger partial charge in [0.2, 0.25) is 5.91 Å². The Morgan fingerprint density at radius 2 is 1.81 bits per heavy atom. The SMILES string of the molecule is O=C1CSC(=Nc2ccc(Cl)cc2)N1Cc1ccccc1. The Morgan fingerprint density at radius 1 is 1.10 bits per heavy atom. The van der Waals surface area contributed by atoms with Gasteiger partial charge < -0.3 is 0 Å². The summed E-state index contributed by atoms with van der Waals surface area (Å²) < 4.78 is 0. The molecule has 106 valence electrons. The number of aliphatic imine (C=N–C) groups is 1. The third-order valence-electron chi connectivity index (χ3n) is 3.09. The van der Waals surface area contributed by atoms with Crippen LogP contribution < -0.4 is 0 Å². The summed E-state index contributed by atoms with van der Waals surface area (Å²) in [7, 11) is 0. The zero-order valence-corrected chi connectivity index (χ0v) is 12.8. The van der Waals surface area contributed by atoms with Crippen LogP contribution in [0.1, 0.15) is 5.56 Å². The summed E-state index contributed by atoms with van der Waals surface area (Å²) in [6.45, 7) is 0.555. The molecule has 0 atom stereocenters. The average Bonchev–Trinajstić information content (AvgIpc) is 2.84. The van der Waals surface area contributed by atoms with E-state index in [1.807, 2.05) is 42.5 Å². The molecule has 3 rings (SSSR count). The summed E-state index contributed by atoms with van der Waals surface area (Å²) in [5, 5.41) is 1.42. The maximum absolute atomic E-state index is 12.0. The minimum atomic E-state index is 0.0940. The molecule has 0 saturated carbocycles. The number of carbonyl (C=O) groups excluding carboxylic acids is 1. The van der Waals surface area contributed by atoms with Crippen molar-refractivity contribution < 1.29 is 4.79 Å². The van der Waals surface area contributed by atoms with Gasteiger partial charge in [-0.2, -0.15) is 0 Å². The fourth-order valence-electron chi connectivity index (χ4n) is 2.03. The predicted octanol–water partition coefficient (Wildman–Crippen LogP) is 4.10. The minimum Gasteiger partial charge on any atom is -0.286 e. The van der Waals surface area contributed by atoms with Crippen LogP contribution in [0.4, 0.5) is 5.69 Å². The second kappa shape index (κ2) is 6.33. The Morgan fingerprint density at radius 3 is 2.52 bits per heavy atom. The van der Waals surface area contributed by atoms with Crippen LogP contribution in [0.2, 0.25) is 5.02 Å². The van der Waals surface area contributed by atoms with Gasteiger partial charge in [-0.25, -0.2) is 4.99 Å². The molecule has 1 aliphatic heterocycles. The van der Waals surface area contributed by atoms with Crippen molar-refractivity contribution >= 4 is 40.1 Å². The third kappa shape index (κ3) is 3.46. The van der Waals surface area contributed by atoms with Gasteiger partial charge in [-0.15, -0.1) is 0 Å². The Bertz CT molecular complexity index is 670. The summed E-state index contributed by atoms with van der Waals surface area (Å²) >= 11 is 7.34. The number of hydrogen-bond acceptors (Lipinski definition) is 3. The Hall–Kier alpha value is -1.78. The van der Waals surface area contributed by atoms with E-state index in [9.17, 15) is 4.79 Å². The van der Waals surface area contributed by atoms with Crippen molar-refractivity contribution in [1.82, 2.24) is 4.90 Å². The second-order valence-corrected chi connectivity index (χ2v) is 6.00. The van der Waals surface area contributed by atoms with Crippen molar-refractivity contribution in [3.63, 3.8) is 0 Å². The van der Waals surface area contributed by atoms with E-state index >= 15 is 0 Å². The standard InChI is InChI=1S/C16H13ClN2OS/c17-13-6-8-14(9-7-13)18-16-19(15(20)11-21-16)10-12-4-2-1-3-5-12/h1-9H,10-11H2. The molecule has 1 fully saturated rings. The molecule has 2 aromatic rings. The van der Waals surface area contributed by atoms with Crippen molar-refractivity contribution in [2.45, 2.75) is 6.54 Å². The van der Waals surface area contributed by atoms with Crippen LogP contribution in [-0.4, -0.2) is 21.7 Å². The molecule has 5 heteroatoms. The van der Waals surface area contributed by atoms with Gasteiger partial charge in [0.1, 0.15) is 0 Å². The van der Waals surface area contributed by atoms with Crippen LogP contribution >= 0.6 is 23.4 Å². The van der Waals surface area contributed by atoms with Gasteiger partial charge in [0.05, 0.1) is 18.0 Å². The number of halogens is 1. The highest BCUT2D eigenvalue weighted by Crippen LogP contribution is 2.26. The molecule has 2 aromatic carbocycles. The Kier molecular flexibility index (Phi) is 4.27. The number of thioether (sulfide) groups is 1. The number of carbonyl (C=O) groups is 1. The van der Waals surface area contributed by atoms with Crippen molar-refractivity contribution in [3.05, 3.63) is 65.2 Å². The number of nitrogens with zero attached hydrogens (tertiary/aromatic N) is 2. The van der Waals surface area contributed by atoms with Crippen molar-refractivity contribution in [2.75, 3.05) is 5.75 Å². The van der Waals surface area contributed by atoms with E-state index < -0.39 is 0 Å². The summed E-state index contributed by atoms with van der Waals surface area (Å²) in [5.41, 5.74) is 1.90. The van der Waals surface area contributed by atoms with Crippen molar-refractivity contribution in [3.8, 4) is 0 Å². The third-order valence-corrected chi connectivity index (χ3v) is 4.30. The number of rotatable bonds is 3. The molecule has 21 heavy (non-hydrogen) atoms. The van der Waals surface area contributed by atoms with E-state index in [0.29, 0.717) is 17.3 Å². The number of amidine groups is 1. The average molecular weight is 317 g/mol. The van der Waals surface area contributed by atoms with Gasteiger partial charge >= 0.3 is 0 Å². The predicted molar refractivity (Wildman–Crippen MR) is 88.0 cm³/mol. The largest absolute Gasteiger partial charge is 0.286 e. The van der Waals surface area contributed by atoms with Crippen LogP contribution in [0.3, 0.4) is 0 Å². The second-order valence-electron chi connectivity index (χ2n) is 4.62. The number of benzene rings is 2. The van der Waals surface area contributed by atoms with Crippen LogP contribution in [0.15, 0.2) is 59.6 Å². The van der Waals surface area contributed by atoms with Gasteiger partial charge in [0, 0.05) is 5.02 Å². The molecule has 1 heterocycles. The summed E-state index contributed by atoms with van der Waals surface area (Å²) in [6, 6.07) is 17.2. The zero-order chi connectivity index (χ0) is 14.7. The molecule has 0 aromatic heterocycles. The first-order valence-electron chi connectivity index (χ1n) is 6.54. The molecule has 0 spiro atoms. The molecule has 0 aliphatic carbocycles. The molecule has 1 aliphatic rings. The van der Waals surface area contributed by atoms with Crippen LogP contribution in [0, 0.1) is 0 Å². The Balaban J connectivity index is 1.83. The number of hydrogen-bond donors (Lipinski definition) is 0. The van der Waals surface area contributed by atoms with Gasteiger partial charge in [-0.1, -0.05) is 53.7 Å². The molecular weight excluding hydrogens is 304 g/mol. The monoisotopic (exact) mass is 316 g/mol. The van der Waals surface area contributed by atoms with Gasteiger partial charge in [0.15, 0.2) is 5.17 Å². The number of amides is 1. The summed E-state index contributed by atoms with van der Waals surface area (Å²) in [6.07, 6.45) is 0. The smallest absolute Gasteiger partial charge is 0.239 e. The fraction of sp³-hybridized carbons (Fsp3) is 0.125. The minimum absolute atomic E-state index is 0.0940. The molecule has 0 unspecified atom stereocenters. The lowest BCUT2D eigenvalue weighted by Crippen LogP contribution is -2.28. The maximum Gasteiger partial charge on any atom is 0.239 e. The van der Waals surface area contributed by atoms with Crippen LogP contribution in [0.5, 0.6) is 0 Å². The van der Waals surface area contributed by atoms with Gasteiger partial charge in [-0.05, 0) is 29.8 Å². The first-order valence-corrected chi connectivity index (χ1v) is 7.90. The van der Waals surface area contributed by atoms with E-state index in [4.69, 9.17) is 11.6 Å². The lowest BCUT2D eigenvalue weighted by molar-refractivity contribution is -0.124. The highest BCUT2D eigenvalue weighted by atomic mass is 35.5. The van der Waals surface area contributed by atoms with E-state index in [2.05, 4.69) is 4.99 Å². The van der Waals surface area contributed by atoms with E-state index in [1.54, 1.807) is 17.0 Å². The maximum atomic E-state index is 12.0. The molecule has 0 bridgehead atoms. The fourth-order valence-corrected chi connectivity index (χ4v) is 3.06.